The number of benzene rings is 1. The first-order valence-corrected chi connectivity index (χ1v) is 12.8. The lowest BCUT2D eigenvalue weighted by Gasteiger charge is -2.35. The van der Waals surface area contributed by atoms with Crippen LogP contribution in [-0.2, 0) is 9.47 Å². The van der Waals surface area contributed by atoms with Gasteiger partial charge in [0.1, 0.15) is 29.2 Å². The predicted molar refractivity (Wildman–Crippen MR) is 132 cm³/mol. The number of nitrogens with zero attached hydrogens (tertiary/aromatic N) is 5. The molecule has 6 rings (SSSR count). The fourth-order valence-electron chi connectivity index (χ4n) is 5.47. The van der Waals surface area contributed by atoms with E-state index >= 15 is 0 Å². The molecule has 10 heteroatoms. The number of rotatable bonds is 6. The average Bonchev–Trinajstić information content (AvgIpc) is 3.64. The van der Waals surface area contributed by atoms with Crippen LogP contribution in [0.4, 0.5) is 20.8 Å². The molecular formula is C26H31FN6O3. The van der Waals surface area contributed by atoms with Crippen molar-refractivity contribution in [3.63, 3.8) is 0 Å². The van der Waals surface area contributed by atoms with Crippen LogP contribution in [0.25, 0.3) is 5.69 Å². The third-order valence-corrected chi connectivity index (χ3v) is 7.57. The van der Waals surface area contributed by atoms with Crippen molar-refractivity contribution < 1.29 is 18.7 Å². The van der Waals surface area contributed by atoms with Crippen molar-refractivity contribution in [1.29, 1.82) is 0 Å². The first-order chi connectivity index (χ1) is 17.6. The van der Waals surface area contributed by atoms with Crippen molar-refractivity contribution in [3.05, 3.63) is 54.6 Å². The third kappa shape index (κ3) is 4.57. The number of halogens is 1. The third-order valence-electron chi connectivity index (χ3n) is 7.57. The Bertz CT molecular complexity index is 1210. The van der Waals surface area contributed by atoms with Gasteiger partial charge in [0.25, 0.3) is 0 Å². The maximum atomic E-state index is 14.0. The highest BCUT2D eigenvalue weighted by Crippen LogP contribution is 2.40. The molecule has 1 aromatic carbocycles. The average molecular weight is 495 g/mol. The van der Waals surface area contributed by atoms with Gasteiger partial charge in [0.05, 0.1) is 6.54 Å². The number of ether oxygens (including phenoxy) is 2. The summed E-state index contributed by atoms with van der Waals surface area (Å²) in [6, 6.07) is 10.3. The molecule has 0 radical (unpaired) electrons. The van der Waals surface area contributed by atoms with Crippen LogP contribution in [0.15, 0.2) is 48.8 Å². The molecule has 2 saturated heterocycles. The van der Waals surface area contributed by atoms with Gasteiger partial charge in [0, 0.05) is 37.7 Å². The van der Waals surface area contributed by atoms with Gasteiger partial charge in [-0.15, -0.1) is 0 Å². The van der Waals surface area contributed by atoms with E-state index in [0.717, 1.165) is 63.9 Å². The summed E-state index contributed by atoms with van der Waals surface area (Å²) < 4.78 is 29.1. The van der Waals surface area contributed by atoms with E-state index in [4.69, 9.17) is 9.47 Å². The number of carbonyl (C=O) groups excluding carboxylic acids is 1. The van der Waals surface area contributed by atoms with E-state index < -0.39 is 5.60 Å². The van der Waals surface area contributed by atoms with Gasteiger partial charge in [0.2, 0.25) is 0 Å². The van der Waals surface area contributed by atoms with Gasteiger partial charge in [-0.1, -0.05) is 12.1 Å². The zero-order valence-corrected chi connectivity index (χ0v) is 20.2. The Morgan fingerprint density at radius 1 is 1.06 bits per heavy atom. The number of anilines is 2. The number of aromatic nitrogens is 4. The summed E-state index contributed by atoms with van der Waals surface area (Å²) in [5, 5.41) is 12.5. The molecule has 1 amide bonds. The van der Waals surface area contributed by atoms with Crippen LogP contribution in [0.3, 0.4) is 0 Å². The number of amides is 1. The number of hydrogen-bond acceptors (Lipinski definition) is 6. The normalized spacial score (nSPS) is 26.4. The fourth-order valence-corrected chi connectivity index (χ4v) is 5.47. The maximum Gasteiger partial charge on any atom is 0.416 e. The van der Waals surface area contributed by atoms with Crippen LogP contribution in [0.5, 0.6) is 0 Å². The molecule has 0 bridgehead atoms. The van der Waals surface area contributed by atoms with E-state index in [2.05, 4.69) is 15.5 Å². The zero-order chi connectivity index (χ0) is 24.5. The number of hydrogen-bond donors (Lipinski definition) is 1. The number of nitrogens with one attached hydrogen (secondary N) is 1. The number of para-hydroxylation sites is 1. The molecule has 3 fully saturated rings. The Labute approximate surface area is 209 Å². The Morgan fingerprint density at radius 2 is 1.92 bits per heavy atom. The topological polar surface area (TPSA) is 86.4 Å². The molecule has 2 aliphatic heterocycles. The molecule has 36 heavy (non-hydrogen) atoms. The monoisotopic (exact) mass is 494 g/mol. The molecule has 190 valence electrons. The Kier molecular flexibility index (Phi) is 6.12. The first kappa shape index (κ1) is 23.0. The maximum absolute atomic E-state index is 14.0. The molecule has 4 heterocycles. The zero-order valence-electron chi connectivity index (χ0n) is 20.2. The molecule has 1 spiro atoms. The van der Waals surface area contributed by atoms with E-state index in [1.807, 2.05) is 23.0 Å². The predicted octanol–water partition coefficient (Wildman–Crippen LogP) is 4.90. The van der Waals surface area contributed by atoms with Crippen LogP contribution in [0.2, 0.25) is 0 Å². The minimum Gasteiger partial charge on any atom is -0.441 e. The van der Waals surface area contributed by atoms with Crippen molar-refractivity contribution >= 4 is 17.7 Å². The highest BCUT2D eigenvalue weighted by atomic mass is 19.1. The van der Waals surface area contributed by atoms with E-state index in [0.29, 0.717) is 24.0 Å². The minimum absolute atomic E-state index is 0.0545. The largest absolute Gasteiger partial charge is 0.441 e. The molecule has 1 saturated carbocycles. The molecule has 9 nitrogen and oxygen atoms in total. The van der Waals surface area contributed by atoms with Crippen LogP contribution >= 0.6 is 0 Å². The quantitative estimate of drug-likeness (QED) is 0.524. The van der Waals surface area contributed by atoms with Gasteiger partial charge in [-0.3, -0.25) is 4.90 Å². The Morgan fingerprint density at radius 3 is 2.72 bits per heavy atom. The molecule has 3 aromatic rings. The lowest BCUT2D eigenvalue weighted by Crippen LogP contribution is -2.39. The van der Waals surface area contributed by atoms with Gasteiger partial charge >= 0.3 is 6.09 Å². The van der Waals surface area contributed by atoms with E-state index in [1.165, 1.54) is 6.07 Å². The smallest absolute Gasteiger partial charge is 0.416 e. The molecule has 2 aromatic heterocycles. The second-order valence-corrected chi connectivity index (χ2v) is 10.0. The van der Waals surface area contributed by atoms with Crippen LogP contribution < -0.4 is 10.2 Å². The second-order valence-electron chi connectivity index (χ2n) is 10.0. The molecule has 3 aliphatic rings. The molecule has 1 atom stereocenters. The highest BCUT2D eigenvalue weighted by Gasteiger charge is 2.48. The fraction of sp³-hybridized carbons (Fsp3) is 0.500. The van der Waals surface area contributed by atoms with Crippen LogP contribution in [-0.4, -0.2) is 51.0 Å². The minimum atomic E-state index is -0.453. The van der Waals surface area contributed by atoms with Crippen molar-refractivity contribution in [3.8, 4) is 5.69 Å². The van der Waals surface area contributed by atoms with Gasteiger partial charge in [-0.25, -0.2) is 18.5 Å². The van der Waals surface area contributed by atoms with Crippen molar-refractivity contribution in [2.24, 2.45) is 5.92 Å². The summed E-state index contributed by atoms with van der Waals surface area (Å²) in [6.45, 7) is 2.05. The summed E-state index contributed by atoms with van der Waals surface area (Å²) >= 11 is 0. The van der Waals surface area contributed by atoms with Gasteiger partial charge in [-0.2, -0.15) is 10.2 Å². The Balaban J connectivity index is 1.02. The number of carbonyl (C=O) groups is 1. The molecular weight excluding hydrogens is 463 g/mol. The van der Waals surface area contributed by atoms with Gasteiger partial charge < -0.3 is 14.8 Å². The lowest BCUT2D eigenvalue weighted by molar-refractivity contribution is -0.0393. The van der Waals surface area contributed by atoms with Gasteiger partial charge in [0.15, 0.2) is 5.82 Å². The van der Waals surface area contributed by atoms with E-state index in [1.54, 1.807) is 34.0 Å². The Hall–Kier alpha value is -3.40. The van der Waals surface area contributed by atoms with Crippen molar-refractivity contribution in [2.45, 2.75) is 56.8 Å². The summed E-state index contributed by atoms with van der Waals surface area (Å²) in [4.78, 5) is 14.4. The first-order valence-electron chi connectivity index (χ1n) is 12.8. The molecule has 1 N–H and O–H groups in total. The second kappa shape index (κ2) is 9.57. The molecule has 1 aliphatic carbocycles. The standard InChI is InChI=1S/C26H31FN6O3/c27-20-5-1-2-6-21(20)32-14-10-22(29-32)28-17-19-8-12-26(13-9-19)18-31(25(34)36-26)23-11-15-33(30-23)24-7-3-4-16-35-24/h1-2,5-6,10-11,14-15,19,24H,3-4,7-9,12-13,16-18H2,(H,28,29). The van der Waals surface area contributed by atoms with Crippen LogP contribution in [0, 0.1) is 11.7 Å². The van der Waals surface area contributed by atoms with Crippen molar-refractivity contribution in [1.82, 2.24) is 19.6 Å². The van der Waals surface area contributed by atoms with Crippen molar-refractivity contribution in [2.75, 3.05) is 29.9 Å². The highest BCUT2D eigenvalue weighted by molar-refractivity contribution is 5.89. The summed E-state index contributed by atoms with van der Waals surface area (Å²) in [7, 11) is 0. The van der Waals surface area contributed by atoms with E-state index in [9.17, 15) is 9.18 Å². The van der Waals surface area contributed by atoms with Crippen LogP contribution in [0.1, 0.15) is 51.2 Å². The molecule has 1 unspecified atom stereocenters. The lowest BCUT2D eigenvalue weighted by atomic mass is 9.78. The SMILES string of the molecule is O=C1OC2(CCC(CNc3ccn(-c4ccccc4F)n3)CC2)CN1c1ccn(C2CCCCO2)n1. The van der Waals surface area contributed by atoms with Gasteiger partial charge in [-0.05, 0) is 63.0 Å². The summed E-state index contributed by atoms with van der Waals surface area (Å²) in [6.07, 6.45) is 9.95. The summed E-state index contributed by atoms with van der Waals surface area (Å²) in [5.74, 6) is 1.48. The summed E-state index contributed by atoms with van der Waals surface area (Å²) in [5.41, 5.74) is -0.0284. The van der Waals surface area contributed by atoms with E-state index in [-0.39, 0.29) is 18.1 Å².